The number of carbonyl (C=O) groups is 1. The molecular formula is C28H32N2O2S. The number of anilines is 1. The van der Waals surface area contributed by atoms with Crippen molar-refractivity contribution in [2.45, 2.75) is 59.2 Å². The van der Waals surface area contributed by atoms with Crippen LogP contribution in [0.3, 0.4) is 0 Å². The van der Waals surface area contributed by atoms with Gasteiger partial charge in [0, 0.05) is 4.88 Å². The van der Waals surface area contributed by atoms with Crippen molar-refractivity contribution in [3.8, 4) is 5.75 Å². The van der Waals surface area contributed by atoms with Gasteiger partial charge in [0.15, 0.2) is 0 Å². The third kappa shape index (κ3) is 4.39. The molecule has 0 spiro atoms. The molecule has 0 bridgehead atoms. The van der Waals surface area contributed by atoms with Crippen molar-refractivity contribution >= 4 is 22.2 Å². The smallest absolute Gasteiger partial charge is 0.256 e. The zero-order valence-corrected chi connectivity index (χ0v) is 20.4. The SMILES string of the molecule is CCC(C)(C)[C@H]1CCc2c(sc3c2C(=O)N[C@H](c2ccc(OCc4ccccc4)cc2)N3)C1. The van der Waals surface area contributed by atoms with Crippen LogP contribution in [-0.2, 0) is 19.4 Å². The van der Waals surface area contributed by atoms with Crippen LogP contribution in [0.4, 0.5) is 5.00 Å². The first-order valence-electron chi connectivity index (χ1n) is 11.9. The molecule has 0 fully saturated rings. The Labute approximate surface area is 200 Å². The maximum Gasteiger partial charge on any atom is 0.256 e. The van der Waals surface area contributed by atoms with Gasteiger partial charge in [0.05, 0.1) is 5.56 Å². The number of benzene rings is 2. The van der Waals surface area contributed by atoms with Crippen molar-refractivity contribution in [2.24, 2.45) is 11.3 Å². The fourth-order valence-corrected chi connectivity index (χ4v) is 6.27. The van der Waals surface area contributed by atoms with E-state index in [2.05, 4.69) is 43.5 Å². The number of carbonyl (C=O) groups excluding carboxylic acids is 1. The zero-order chi connectivity index (χ0) is 23.0. The van der Waals surface area contributed by atoms with E-state index < -0.39 is 0 Å². The molecule has 2 aromatic carbocycles. The first kappa shape index (κ1) is 22.0. The van der Waals surface area contributed by atoms with Gasteiger partial charge in [-0.25, -0.2) is 0 Å². The molecule has 1 aromatic heterocycles. The molecule has 0 unspecified atom stereocenters. The highest BCUT2D eigenvalue weighted by Gasteiger charge is 2.37. The summed E-state index contributed by atoms with van der Waals surface area (Å²) in [6.07, 6.45) is 4.21. The first-order valence-corrected chi connectivity index (χ1v) is 12.7. The lowest BCUT2D eigenvalue weighted by molar-refractivity contribution is 0.0934. The molecule has 33 heavy (non-hydrogen) atoms. The third-order valence-corrected chi connectivity index (χ3v) is 8.71. The molecule has 3 aromatic rings. The van der Waals surface area contributed by atoms with Gasteiger partial charge in [-0.15, -0.1) is 11.3 Å². The van der Waals surface area contributed by atoms with Gasteiger partial charge in [-0.3, -0.25) is 4.79 Å². The summed E-state index contributed by atoms with van der Waals surface area (Å²) in [6.45, 7) is 7.58. The van der Waals surface area contributed by atoms with Gasteiger partial charge in [0.2, 0.25) is 0 Å². The standard InChI is InChI=1S/C28H32N2O2S/c1-4-28(2,3)20-12-15-22-23(16-20)33-27-24(22)26(31)29-25(30-27)19-10-13-21(14-11-19)32-17-18-8-6-5-7-9-18/h5-11,13-14,20,25,30H,4,12,15-17H2,1-3H3,(H,29,31)/t20-,25-/m0/s1. The lowest BCUT2D eigenvalue weighted by atomic mass is 9.69. The second-order valence-electron chi connectivity index (χ2n) is 9.88. The highest BCUT2D eigenvalue weighted by atomic mass is 32.1. The van der Waals surface area contributed by atoms with Crippen LogP contribution in [-0.4, -0.2) is 5.91 Å². The van der Waals surface area contributed by atoms with E-state index >= 15 is 0 Å². The van der Waals surface area contributed by atoms with Crippen molar-refractivity contribution in [1.29, 1.82) is 0 Å². The van der Waals surface area contributed by atoms with E-state index in [4.69, 9.17) is 4.74 Å². The van der Waals surface area contributed by atoms with Gasteiger partial charge in [-0.1, -0.05) is 69.7 Å². The Morgan fingerprint density at radius 3 is 2.55 bits per heavy atom. The second kappa shape index (κ2) is 8.86. The molecule has 2 aliphatic rings. The normalized spacial score (nSPS) is 19.8. The van der Waals surface area contributed by atoms with Crippen LogP contribution in [0.15, 0.2) is 54.6 Å². The number of rotatable bonds is 6. The van der Waals surface area contributed by atoms with Crippen LogP contribution in [0.25, 0.3) is 0 Å². The fraction of sp³-hybridized carbons (Fsp3) is 0.393. The van der Waals surface area contributed by atoms with Gasteiger partial charge in [-0.05, 0) is 59.4 Å². The monoisotopic (exact) mass is 460 g/mol. The maximum absolute atomic E-state index is 13.1. The average molecular weight is 461 g/mol. The summed E-state index contributed by atoms with van der Waals surface area (Å²) >= 11 is 1.78. The highest BCUT2D eigenvalue weighted by molar-refractivity contribution is 7.16. The number of amides is 1. The van der Waals surface area contributed by atoms with Crippen molar-refractivity contribution in [3.05, 3.63) is 81.7 Å². The predicted molar refractivity (Wildman–Crippen MR) is 135 cm³/mol. The van der Waals surface area contributed by atoms with Crippen molar-refractivity contribution in [2.75, 3.05) is 5.32 Å². The number of hydrogen-bond acceptors (Lipinski definition) is 4. The molecule has 5 rings (SSSR count). The minimum absolute atomic E-state index is 0.0452. The summed E-state index contributed by atoms with van der Waals surface area (Å²) < 4.78 is 5.91. The molecule has 0 radical (unpaired) electrons. The van der Waals surface area contributed by atoms with Crippen molar-refractivity contribution < 1.29 is 9.53 Å². The largest absolute Gasteiger partial charge is 0.489 e. The predicted octanol–water partition coefficient (Wildman–Crippen LogP) is 6.72. The lowest BCUT2D eigenvalue weighted by Gasteiger charge is -2.36. The van der Waals surface area contributed by atoms with Crippen LogP contribution in [0.1, 0.15) is 71.7 Å². The Bertz CT molecular complexity index is 1130. The van der Waals surface area contributed by atoms with Crippen LogP contribution in [0.5, 0.6) is 5.75 Å². The van der Waals surface area contributed by atoms with E-state index in [-0.39, 0.29) is 12.1 Å². The second-order valence-corrected chi connectivity index (χ2v) is 11.0. The van der Waals surface area contributed by atoms with E-state index in [0.29, 0.717) is 17.9 Å². The summed E-state index contributed by atoms with van der Waals surface area (Å²) in [4.78, 5) is 14.5. The van der Waals surface area contributed by atoms with E-state index in [9.17, 15) is 4.79 Å². The highest BCUT2D eigenvalue weighted by Crippen LogP contribution is 2.47. The molecule has 2 atom stereocenters. The Kier molecular flexibility index (Phi) is 5.92. The van der Waals surface area contributed by atoms with Crippen LogP contribution >= 0.6 is 11.3 Å². The summed E-state index contributed by atoms with van der Waals surface area (Å²) in [5.41, 5.74) is 4.65. The fourth-order valence-electron chi connectivity index (χ4n) is 4.92. The number of thiophene rings is 1. The van der Waals surface area contributed by atoms with Crippen molar-refractivity contribution in [3.63, 3.8) is 0 Å². The van der Waals surface area contributed by atoms with Crippen molar-refractivity contribution in [1.82, 2.24) is 5.32 Å². The molecule has 172 valence electrons. The van der Waals surface area contributed by atoms with Crippen LogP contribution < -0.4 is 15.4 Å². The molecule has 2 heterocycles. The van der Waals surface area contributed by atoms with Gasteiger partial charge in [-0.2, -0.15) is 0 Å². The Morgan fingerprint density at radius 2 is 1.82 bits per heavy atom. The first-order chi connectivity index (χ1) is 15.9. The summed E-state index contributed by atoms with van der Waals surface area (Å²) in [5.74, 6) is 1.54. The van der Waals surface area contributed by atoms with E-state index in [1.807, 2.05) is 42.5 Å². The third-order valence-electron chi connectivity index (χ3n) is 7.52. The summed E-state index contributed by atoms with van der Waals surface area (Å²) in [7, 11) is 0. The van der Waals surface area contributed by atoms with E-state index in [1.165, 1.54) is 16.9 Å². The lowest BCUT2D eigenvalue weighted by Crippen LogP contribution is -2.38. The summed E-state index contributed by atoms with van der Waals surface area (Å²) in [5, 5.41) is 7.78. The minimum Gasteiger partial charge on any atom is -0.489 e. The molecule has 0 saturated carbocycles. The topological polar surface area (TPSA) is 50.4 Å². The number of ether oxygens (including phenoxy) is 1. The summed E-state index contributed by atoms with van der Waals surface area (Å²) in [6, 6.07) is 18.1. The molecule has 0 saturated heterocycles. The Balaban J connectivity index is 1.29. The van der Waals surface area contributed by atoms with Gasteiger partial charge in [0.1, 0.15) is 23.5 Å². The molecular weight excluding hydrogens is 428 g/mol. The number of fused-ring (bicyclic) bond motifs is 3. The molecule has 1 aliphatic heterocycles. The average Bonchev–Trinajstić information content (AvgIpc) is 3.22. The molecule has 1 amide bonds. The molecule has 1 aliphatic carbocycles. The molecule has 2 N–H and O–H groups in total. The Hall–Kier alpha value is -2.79. The quantitative estimate of drug-likeness (QED) is 0.429. The van der Waals surface area contributed by atoms with Crippen LogP contribution in [0, 0.1) is 11.3 Å². The van der Waals surface area contributed by atoms with E-state index in [1.54, 1.807) is 11.3 Å². The number of hydrogen-bond donors (Lipinski definition) is 2. The molecule has 5 heteroatoms. The maximum atomic E-state index is 13.1. The molecule has 4 nitrogen and oxygen atoms in total. The zero-order valence-electron chi connectivity index (χ0n) is 19.6. The minimum atomic E-state index is -0.226. The van der Waals surface area contributed by atoms with E-state index in [0.717, 1.165) is 46.7 Å². The van der Waals surface area contributed by atoms with Gasteiger partial charge >= 0.3 is 0 Å². The van der Waals surface area contributed by atoms with Gasteiger partial charge in [0.25, 0.3) is 5.91 Å². The van der Waals surface area contributed by atoms with Gasteiger partial charge < -0.3 is 15.4 Å². The Morgan fingerprint density at radius 1 is 1.06 bits per heavy atom. The number of nitrogens with one attached hydrogen (secondary N) is 2. The van der Waals surface area contributed by atoms with Crippen LogP contribution in [0.2, 0.25) is 0 Å².